The van der Waals surface area contributed by atoms with Gasteiger partial charge in [0.25, 0.3) is 0 Å². The standard InChI is InChI=1S/C13H14FNO5S/c1-15(9-13(17)20-2)21(18,19)12-6-5-10(4-3-7-16)8-11(12)14/h5-6,8,16H,7,9H2,1-2H3. The molecule has 0 amide bonds. The highest BCUT2D eigenvalue weighted by Gasteiger charge is 2.26. The van der Waals surface area contributed by atoms with Gasteiger partial charge in [0, 0.05) is 12.6 Å². The zero-order valence-electron chi connectivity index (χ0n) is 11.5. The van der Waals surface area contributed by atoms with Crippen LogP contribution < -0.4 is 0 Å². The molecule has 0 heterocycles. The zero-order chi connectivity index (χ0) is 16.0. The molecule has 0 fully saturated rings. The van der Waals surface area contributed by atoms with Crippen LogP contribution in [0.2, 0.25) is 0 Å². The largest absolute Gasteiger partial charge is 0.468 e. The van der Waals surface area contributed by atoms with Crippen LogP contribution in [-0.2, 0) is 19.6 Å². The van der Waals surface area contributed by atoms with Gasteiger partial charge in [0.15, 0.2) is 0 Å². The predicted octanol–water partition coefficient (Wildman–Crippen LogP) is -0.0370. The highest BCUT2D eigenvalue weighted by atomic mass is 32.2. The molecular weight excluding hydrogens is 301 g/mol. The molecule has 21 heavy (non-hydrogen) atoms. The Morgan fingerprint density at radius 1 is 1.48 bits per heavy atom. The van der Waals surface area contributed by atoms with Gasteiger partial charge in [-0.1, -0.05) is 11.8 Å². The van der Waals surface area contributed by atoms with Gasteiger partial charge in [-0.15, -0.1) is 0 Å². The van der Waals surface area contributed by atoms with Crippen LogP contribution in [0, 0.1) is 17.7 Å². The molecule has 0 aliphatic carbocycles. The average Bonchev–Trinajstić information content (AvgIpc) is 2.44. The van der Waals surface area contributed by atoms with Crippen LogP contribution in [0.5, 0.6) is 0 Å². The summed E-state index contributed by atoms with van der Waals surface area (Å²) >= 11 is 0. The summed E-state index contributed by atoms with van der Waals surface area (Å²) in [4.78, 5) is 10.5. The monoisotopic (exact) mass is 315 g/mol. The first-order valence-electron chi connectivity index (χ1n) is 5.75. The first-order chi connectivity index (χ1) is 9.82. The van der Waals surface area contributed by atoms with E-state index in [0.29, 0.717) is 4.31 Å². The Balaban J connectivity index is 3.12. The Morgan fingerprint density at radius 2 is 2.14 bits per heavy atom. The summed E-state index contributed by atoms with van der Waals surface area (Å²) in [7, 11) is -1.89. The Morgan fingerprint density at radius 3 is 2.67 bits per heavy atom. The minimum atomic E-state index is -4.15. The number of hydrogen-bond donors (Lipinski definition) is 1. The summed E-state index contributed by atoms with van der Waals surface area (Å²) in [6.07, 6.45) is 0. The molecule has 0 aliphatic rings. The highest BCUT2D eigenvalue weighted by Crippen LogP contribution is 2.19. The minimum Gasteiger partial charge on any atom is -0.468 e. The van der Waals surface area contributed by atoms with Crippen molar-refractivity contribution in [2.45, 2.75) is 4.90 Å². The fourth-order valence-electron chi connectivity index (χ4n) is 1.43. The predicted molar refractivity (Wildman–Crippen MR) is 72.2 cm³/mol. The van der Waals surface area contributed by atoms with Crippen LogP contribution in [0.3, 0.4) is 0 Å². The summed E-state index contributed by atoms with van der Waals surface area (Å²) in [6.45, 7) is -0.909. The third kappa shape index (κ3) is 4.26. The fourth-order valence-corrected chi connectivity index (χ4v) is 2.59. The lowest BCUT2D eigenvalue weighted by Gasteiger charge is -2.16. The van der Waals surface area contributed by atoms with Crippen LogP contribution in [0.25, 0.3) is 0 Å². The van der Waals surface area contributed by atoms with Gasteiger partial charge in [0.1, 0.15) is 23.9 Å². The van der Waals surface area contributed by atoms with Crippen LogP contribution in [-0.4, -0.2) is 51.1 Å². The van der Waals surface area contributed by atoms with Gasteiger partial charge in [-0.2, -0.15) is 4.31 Å². The van der Waals surface area contributed by atoms with Crippen LogP contribution >= 0.6 is 0 Å². The molecule has 0 aromatic heterocycles. The van der Waals surface area contributed by atoms with E-state index < -0.39 is 33.3 Å². The Labute approximate surface area is 122 Å². The summed E-state index contributed by atoms with van der Waals surface area (Å²) < 4.78 is 43.2. The number of likely N-dealkylation sites (N-methyl/N-ethyl adjacent to an activating group) is 1. The van der Waals surface area contributed by atoms with Crippen molar-refractivity contribution in [1.82, 2.24) is 4.31 Å². The molecule has 0 saturated carbocycles. The maximum Gasteiger partial charge on any atom is 0.321 e. The van der Waals surface area contributed by atoms with E-state index in [0.717, 1.165) is 26.3 Å². The van der Waals surface area contributed by atoms with E-state index in [1.54, 1.807) is 0 Å². The Kier molecular flexibility index (Phi) is 5.84. The second-order valence-corrected chi connectivity index (χ2v) is 5.96. The van der Waals surface area contributed by atoms with Crippen molar-refractivity contribution in [2.75, 3.05) is 27.3 Å². The summed E-state index contributed by atoms with van der Waals surface area (Å²) in [5, 5.41) is 8.55. The molecule has 0 atom stereocenters. The maximum atomic E-state index is 13.9. The fraction of sp³-hybridized carbons (Fsp3) is 0.308. The lowest BCUT2D eigenvalue weighted by atomic mass is 10.2. The summed E-state index contributed by atoms with van der Waals surface area (Å²) in [5.41, 5.74) is 0.233. The normalized spacial score (nSPS) is 10.9. The zero-order valence-corrected chi connectivity index (χ0v) is 12.3. The van der Waals surface area contributed by atoms with Crippen molar-refractivity contribution in [1.29, 1.82) is 0 Å². The molecule has 114 valence electrons. The average molecular weight is 315 g/mol. The third-order valence-corrected chi connectivity index (χ3v) is 4.35. The number of halogens is 1. The summed E-state index contributed by atoms with van der Waals surface area (Å²) in [6, 6.07) is 3.31. The van der Waals surface area contributed by atoms with E-state index in [-0.39, 0.29) is 12.2 Å². The molecule has 1 N–H and O–H groups in total. The second kappa shape index (κ2) is 7.17. The van der Waals surface area contributed by atoms with Gasteiger partial charge in [0.2, 0.25) is 10.0 Å². The molecule has 0 spiro atoms. The number of benzene rings is 1. The number of rotatable bonds is 4. The number of aliphatic hydroxyl groups excluding tert-OH is 1. The van der Waals surface area contributed by atoms with E-state index in [1.165, 1.54) is 6.07 Å². The molecule has 1 rings (SSSR count). The SMILES string of the molecule is COC(=O)CN(C)S(=O)(=O)c1ccc(C#CCO)cc1F. The second-order valence-electron chi connectivity index (χ2n) is 3.94. The first-order valence-corrected chi connectivity index (χ1v) is 7.19. The first kappa shape index (κ1) is 17.1. The number of hydrogen-bond acceptors (Lipinski definition) is 5. The molecule has 1 aromatic rings. The topological polar surface area (TPSA) is 83.9 Å². The van der Waals surface area contributed by atoms with E-state index in [9.17, 15) is 17.6 Å². The molecule has 0 aliphatic heterocycles. The molecule has 0 unspecified atom stereocenters. The molecular formula is C13H14FNO5S. The van der Waals surface area contributed by atoms with Crippen molar-refractivity contribution in [2.24, 2.45) is 0 Å². The van der Waals surface area contributed by atoms with Crippen molar-refractivity contribution in [3.8, 4) is 11.8 Å². The van der Waals surface area contributed by atoms with Crippen molar-refractivity contribution in [3.05, 3.63) is 29.6 Å². The Bertz CT molecular complexity index is 690. The van der Waals surface area contributed by atoms with Crippen molar-refractivity contribution in [3.63, 3.8) is 0 Å². The summed E-state index contributed by atoms with van der Waals surface area (Å²) in [5.74, 6) is 3.04. The molecule has 0 radical (unpaired) electrons. The maximum absolute atomic E-state index is 13.9. The number of sulfonamides is 1. The lowest BCUT2D eigenvalue weighted by Crippen LogP contribution is -2.33. The molecule has 6 nitrogen and oxygen atoms in total. The number of aliphatic hydroxyl groups is 1. The van der Waals surface area contributed by atoms with E-state index in [4.69, 9.17) is 5.11 Å². The Hall–Kier alpha value is -1.95. The number of esters is 1. The highest BCUT2D eigenvalue weighted by molar-refractivity contribution is 7.89. The number of ether oxygens (including phenoxy) is 1. The van der Waals surface area contributed by atoms with Gasteiger partial charge in [-0.25, -0.2) is 12.8 Å². The number of carbonyl (C=O) groups excluding carboxylic acids is 1. The molecule has 8 heteroatoms. The van der Waals surface area contributed by atoms with Gasteiger partial charge in [0.05, 0.1) is 7.11 Å². The van der Waals surface area contributed by atoms with Crippen LogP contribution in [0.1, 0.15) is 5.56 Å². The van der Waals surface area contributed by atoms with Gasteiger partial charge in [-0.05, 0) is 18.2 Å². The molecule has 1 aromatic carbocycles. The number of methoxy groups -OCH3 is 1. The third-order valence-electron chi connectivity index (χ3n) is 2.51. The van der Waals surface area contributed by atoms with E-state index in [1.807, 2.05) is 0 Å². The smallest absolute Gasteiger partial charge is 0.321 e. The molecule has 0 saturated heterocycles. The lowest BCUT2D eigenvalue weighted by molar-refractivity contribution is -0.140. The van der Waals surface area contributed by atoms with Crippen LogP contribution in [0.15, 0.2) is 23.1 Å². The van der Waals surface area contributed by atoms with Gasteiger partial charge in [-0.3, -0.25) is 4.79 Å². The van der Waals surface area contributed by atoms with Gasteiger partial charge >= 0.3 is 5.97 Å². The van der Waals surface area contributed by atoms with E-state index >= 15 is 0 Å². The van der Waals surface area contributed by atoms with Crippen LogP contribution in [0.4, 0.5) is 4.39 Å². The minimum absolute atomic E-state index is 0.233. The van der Waals surface area contributed by atoms with E-state index in [2.05, 4.69) is 16.6 Å². The quantitative estimate of drug-likeness (QED) is 0.623. The van der Waals surface area contributed by atoms with Gasteiger partial charge < -0.3 is 9.84 Å². The van der Waals surface area contributed by atoms with Crippen molar-refractivity contribution >= 4 is 16.0 Å². The number of carbonyl (C=O) groups is 1. The van der Waals surface area contributed by atoms with Crippen molar-refractivity contribution < 1.29 is 27.4 Å². The molecule has 0 bridgehead atoms. The number of nitrogens with zero attached hydrogens (tertiary/aromatic N) is 1.